The Kier molecular flexibility index (Phi) is 2.83. The van der Waals surface area contributed by atoms with Crippen molar-refractivity contribution in [2.75, 3.05) is 19.6 Å². The molecule has 0 saturated carbocycles. The summed E-state index contributed by atoms with van der Waals surface area (Å²) in [4.78, 5) is 0. The average Bonchev–Trinajstić information content (AvgIpc) is 2.19. The minimum absolute atomic E-state index is 0.410. The van der Waals surface area contributed by atoms with Gasteiger partial charge in [0, 0.05) is 30.7 Å². The van der Waals surface area contributed by atoms with Crippen LogP contribution >= 0.6 is 11.6 Å². The summed E-state index contributed by atoms with van der Waals surface area (Å²) in [5.41, 5.74) is 1.26. The SMILES string of the molecule is Clc1cccc([C@@H]2CNCCN2)c1. The van der Waals surface area contributed by atoms with Gasteiger partial charge in [-0.25, -0.2) is 0 Å². The first-order valence-electron chi connectivity index (χ1n) is 4.56. The van der Waals surface area contributed by atoms with Gasteiger partial charge in [0.2, 0.25) is 0 Å². The maximum absolute atomic E-state index is 5.92. The monoisotopic (exact) mass is 196 g/mol. The van der Waals surface area contributed by atoms with E-state index in [9.17, 15) is 0 Å². The second kappa shape index (κ2) is 4.09. The quantitative estimate of drug-likeness (QED) is 0.713. The Morgan fingerprint density at radius 2 is 2.23 bits per heavy atom. The molecule has 13 heavy (non-hydrogen) atoms. The van der Waals surface area contributed by atoms with Gasteiger partial charge in [0.15, 0.2) is 0 Å². The first-order valence-corrected chi connectivity index (χ1v) is 4.93. The van der Waals surface area contributed by atoms with Crippen LogP contribution in [0.2, 0.25) is 5.02 Å². The Labute approximate surface area is 83.3 Å². The topological polar surface area (TPSA) is 24.1 Å². The molecule has 1 heterocycles. The van der Waals surface area contributed by atoms with Crippen LogP contribution in [0.15, 0.2) is 24.3 Å². The highest BCUT2D eigenvalue weighted by atomic mass is 35.5. The van der Waals surface area contributed by atoms with Crippen molar-refractivity contribution in [2.24, 2.45) is 0 Å². The minimum atomic E-state index is 0.410. The Bertz CT molecular complexity index is 282. The van der Waals surface area contributed by atoms with Crippen molar-refractivity contribution in [3.63, 3.8) is 0 Å². The Morgan fingerprint density at radius 3 is 2.92 bits per heavy atom. The second-order valence-corrected chi connectivity index (χ2v) is 3.70. The second-order valence-electron chi connectivity index (χ2n) is 3.27. The van der Waals surface area contributed by atoms with E-state index in [2.05, 4.69) is 16.7 Å². The summed E-state index contributed by atoms with van der Waals surface area (Å²) in [7, 11) is 0. The molecule has 0 bridgehead atoms. The lowest BCUT2D eigenvalue weighted by Gasteiger charge is -2.24. The van der Waals surface area contributed by atoms with Crippen molar-refractivity contribution in [3.8, 4) is 0 Å². The fraction of sp³-hybridized carbons (Fsp3) is 0.400. The van der Waals surface area contributed by atoms with Crippen LogP contribution in [0.4, 0.5) is 0 Å². The van der Waals surface area contributed by atoms with Gasteiger partial charge in [-0.05, 0) is 17.7 Å². The zero-order chi connectivity index (χ0) is 9.10. The van der Waals surface area contributed by atoms with E-state index in [-0.39, 0.29) is 0 Å². The lowest BCUT2D eigenvalue weighted by molar-refractivity contribution is 0.430. The highest BCUT2D eigenvalue weighted by Gasteiger charge is 2.13. The van der Waals surface area contributed by atoms with E-state index in [4.69, 9.17) is 11.6 Å². The number of halogens is 1. The molecule has 2 N–H and O–H groups in total. The first kappa shape index (κ1) is 9.00. The number of piperazine rings is 1. The highest BCUT2D eigenvalue weighted by molar-refractivity contribution is 6.30. The van der Waals surface area contributed by atoms with Crippen molar-refractivity contribution >= 4 is 11.6 Å². The van der Waals surface area contributed by atoms with Gasteiger partial charge in [0.1, 0.15) is 0 Å². The molecule has 3 heteroatoms. The molecule has 2 rings (SSSR count). The number of nitrogens with one attached hydrogen (secondary N) is 2. The largest absolute Gasteiger partial charge is 0.314 e. The maximum atomic E-state index is 5.92. The molecule has 70 valence electrons. The van der Waals surface area contributed by atoms with Gasteiger partial charge in [-0.1, -0.05) is 23.7 Å². The molecule has 1 fully saturated rings. The smallest absolute Gasteiger partial charge is 0.0447 e. The third kappa shape index (κ3) is 2.21. The summed E-state index contributed by atoms with van der Waals surface area (Å²) in [6.45, 7) is 3.06. The van der Waals surface area contributed by atoms with Crippen LogP contribution in [0, 0.1) is 0 Å². The minimum Gasteiger partial charge on any atom is -0.314 e. The average molecular weight is 197 g/mol. The number of hydrogen-bond donors (Lipinski definition) is 2. The molecule has 1 aliphatic rings. The third-order valence-corrected chi connectivity index (χ3v) is 2.53. The van der Waals surface area contributed by atoms with Crippen LogP contribution in [0.5, 0.6) is 0 Å². The zero-order valence-electron chi connectivity index (χ0n) is 7.39. The van der Waals surface area contributed by atoms with Crippen molar-refractivity contribution in [2.45, 2.75) is 6.04 Å². The number of benzene rings is 1. The molecule has 1 aromatic rings. The Balaban J connectivity index is 2.14. The summed E-state index contributed by atoms with van der Waals surface area (Å²) >= 11 is 5.92. The summed E-state index contributed by atoms with van der Waals surface area (Å²) < 4.78 is 0. The molecule has 1 aromatic carbocycles. The third-order valence-electron chi connectivity index (χ3n) is 2.29. The molecule has 0 spiro atoms. The molecule has 0 aliphatic carbocycles. The van der Waals surface area contributed by atoms with E-state index in [1.807, 2.05) is 18.2 Å². The van der Waals surface area contributed by atoms with Crippen LogP contribution in [0.25, 0.3) is 0 Å². The molecule has 1 atom stereocenters. The molecular weight excluding hydrogens is 184 g/mol. The van der Waals surface area contributed by atoms with Gasteiger partial charge >= 0.3 is 0 Å². The number of rotatable bonds is 1. The van der Waals surface area contributed by atoms with Crippen molar-refractivity contribution in [1.29, 1.82) is 0 Å². The van der Waals surface area contributed by atoms with Crippen LogP contribution < -0.4 is 10.6 Å². The lowest BCUT2D eigenvalue weighted by atomic mass is 10.1. The van der Waals surface area contributed by atoms with Crippen LogP contribution in [0.3, 0.4) is 0 Å². The molecular formula is C10H13ClN2. The van der Waals surface area contributed by atoms with Gasteiger partial charge < -0.3 is 10.6 Å². The molecule has 0 aromatic heterocycles. The van der Waals surface area contributed by atoms with E-state index in [1.54, 1.807) is 0 Å². The van der Waals surface area contributed by atoms with E-state index in [0.29, 0.717) is 6.04 Å². The molecule has 0 amide bonds. The van der Waals surface area contributed by atoms with Gasteiger partial charge in [0.05, 0.1) is 0 Å². The fourth-order valence-corrected chi connectivity index (χ4v) is 1.81. The van der Waals surface area contributed by atoms with Crippen LogP contribution in [-0.4, -0.2) is 19.6 Å². The molecule has 2 nitrogen and oxygen atoms in total. The predicted octanol–water partition coefficient (Wildman–Crippen LogP) is 1.57. The summed E-state index contributed by atoms with van der Waals surface area (Å²) in [5.74, 6) is 0. The van der Waals surface area contributed by atoms with Crippen molar-refractivity contribution < 1.29 is 0 Å². The van der Waals surface area contributed by atoms with Gasteiger partial charge in [-0.15, -0.1) is 0 Å². The van der Waals surface area contributed by atoms with E-state index < -0.39 is 0 Å². The molecule has 1 saturated heterocycles. The van der Waals surface area contributed by atoms with Crippen molar-refractivity contribution in [3.05, 3.63) is 34.9 Å². The van der Waals surface area contributed by atoms with E-state index in [0.717, 1.165) is 24.7 Å². The van der Waals surface area contributed by atoms with E-state index >= 15 is 0 Å². The normalized spacial score (nSPS) is 23.0. The number of hydrogen-bond acceptors (Lipinski definition) is 2. The Hall–Kier alpha value is -0.570. The molecule has 0 radical (unpaired) electrons. The summed E-state index contributed by atoms with van der Waals surface area (Å²) in [6, 6.07) is 8.44. The molecule has 0 unspecified atom stereocenters. The van der Waals surface area contributed by atoms with Gasteiger partial charge in [-0.3, -0.25) is 0 Å². The highest BCUT2D eigenvalue weighted by Crippen LogP contribution is 2.17. The van der Waals surface area contributed by atoms with Crippen LogP contribution in [0.1, 0.15) is 11.6 Å². The Morgan fingerprint density at radius 1 is 1.31 bits per heavy atom. The fourth-order valence-electron chi connectivity index (χ4n) is 1.61. The predicted molar refractivity (Wildman–Crippen MR) is 55.1 cm³/mol. The lowest BCUT2D eigenvalue weighted by Crippen LogP contribution is -2.42. The van der Waals surface area contributed by atoms with E-state index in [1.165, 1.54) is 5.56 Å². The summed E-state index contributed by atoms with van der Waals surface area (Å²) in [5, 5.41) is 7.60. The molecule has 1 aliphatic heterocycles. The first-order chi connectivity index (χ1) is 6.36. The zero-order valence-corrected chi connectivity index (χ0v) is 8.14. The van der Waals surface area contributed by atoms with Gasteiger partial charge in [-0.2, -0.15) is 0 Å². The van der Waals surface area contributed by atoms with Crippen molar-refractivity contribution in [1.82, 2.24) is 10.6 Å². The van der Waals surface area contributed by atoms with Gasteiger partial charge in [0.25, 0.3) is 0 Å². The standard InChI is InChI=1S/C10H13ClN2/c11-9-3-1-2-8(6-9)10-7-12-4-5-13-10/h1-3,6,10,12-13H,4-5,7H2/t10-/m0/s1. The van der Waals surface area contributed by atoms with Crippen LogP contribution in [-0.2, 0) is 0 Å². The summed E-state index contributed by atoms with van der Waals surface area (Å²) in [6.07, 6.45) is 0. The maximum Gasteiger partial charge on any atom is 0.0447 e.